The van der Waals surface area contributed by atoms with Crippen LogP contribution in [0.4, 0.5) is 8.78 Å². The fourth-order valence-electron chi connectivity index (χ4n) is 4.56. The van der Waals surface area contributed by atoms with Gasteiger partial charge in [-0.1, -0.05) is 37.3 Å². The highest BCUT2D eigenvalue weighted by Gasteiger charge is 2.28. The minimum absolute atomic E-state index is 0.0698. The third-order valence-electron chi connectivity index (χ3n) is 6.07. The van der Waals surface area contributed by atoms with E-state index in [1.807, 2.05) is 23.4 Å². The fraction of sp³-hybridized carbons (Fsp3) is 0.500. The number of aromatic nitrogens is 3. The number of benzene rings is 1. The second-order valence-corrected chi connectivity index (χ2v) is 9.07. The zero-order valence-electron chi connectivity index (χ0n) is 18.6. The lowest BCUT2D eigenvalue weighted by molar-refractivity contribution is 0.279. The van der Waals surface area contributed by atoms with Crippen molar-refractivity contribution in [1.82, 2.24) is 19.3 Å². The van der Waals surface area contributed by atoms with Gasteiger partial charge in [-0.3, -0.25) is 4.40 Å². The first-order valence-electron chi connectivity index (χ1n) is 11.2. The van der Waals surface area contributed by atoms with E-state index < -0.39 is 11.6 Å². The molecule has 1 aliphatic rings. The second kappa shape index (κ2) is 10.1. The van der Waals surface area contributed by atoms with Gasteiger partial charge in [0.15, 0.2) is 0 Å². The van der Waals surface area contributed by atoms with Crippen LogP contribution in [0.2, 0.25) is 5.15 Å². The molecule has 0 amide bonds. The molecule has 0 spiro atoms. The molecule has 1 aliphatic carbocycles. The highest BCUT2D eigenvalue weighted by Crippen LogP contribution is 2.42. The van der Waals surface area contributed by atoms with E-state index in [2.05, 4.69) is 9.97 Å². The lowest BCUT2D eigenvalue weighted by Gasteiger charge is -2.22. The van der Waals surface area contributed by atoms with Crippen LogP contribution in [0.5, 0.6) is 5.75 Å². The summed E-state index contributed by atoms with van der Waals surface area (Å²) >= 11 is 6.54. The molecule has 0 atom stereocenters. The minimum atomic E-state index is -0.703. The summed E-state index contributed by atoms with van der Waals surface area (Å²) in [5.74, 6) is -0.660. The highest BCUT2D eigenvalue weighted by atomic mass is 35.5. The van der Waals surface area contributed by atoms with Crippen molar-refractivity contribution >= 4 is 17.4 Å². The first-order chi connectivity index (χ1) is 15.5. The second-order valence-electron chi connectivity index (χ2n) is 8.72. The van der Waals surface area contributed by atoms with E-state index in [4.69, 9.17) is 16.3 Å². The molecule has 8 heteroatoms. The Morgan fingerprint density at radius 3 is 2.44 bits per heavy atom. The van der Waals surface area contributed by atoms with Gasteiger partial charge in [-0.2, -0.15) is 4.98 Å². The predicted octanol–water partition coefficient (Wildman–Crippen LogP) is 6.10. The van der Waals surface area contributed by atoms with Crippen LogP contribution in [0.1, 0.15) is 56.6 Å². The van der Waals surface area contributed by atoms with Gasteiger partial charge in [-0.05, 0) is 33.4 Å². The van der Waals surface area contributed by atoms with Gasteiger partial charge >= 0.3 is 0 Å². The van der Waals surface area contributed by atoms with Crippen molar-refractivity contribution in [3.63, 3.8) is 0 Å². The Kier molecular flexibility index (Phi) is 7.26. The standard InChI is InChI=1S/C24H29ClF2N4O/c1-30(2)11-7-13-32-17-14-18(26)20(19(27)15-17)21-22(16-8-5-3-4-6-9-16)31-12-10-28-24(31)29-23(21)25/h10,12,14-16H,3-9,11,13H2,1-2H3. The van der Waals surface area contributed by atoms with Gasteiger partial charge in [0.1, 0.15) is 22.5 Å². The Morgan fingerprint density at radius 2 is 1.78 bits per heavy atom. The van der Waals surface area contributed by atoms with Gasteiger partial charge in [-0.25, -0.2) is 13.8 Å². The quantitative estimate of drug-likeness (QED) is 0.242. The molecule has 0 N–H and O–H groups in total. The van der Waals surface area contributed by atoms with Crippen LogP contribution < -0.4 is 4.74 Å². The van der Waals surface area contributed by atoms with E-state index in [-0.39, 0.29) is 22.4 Å². The van der Waals surface area contributed by atoms with Gasteiger partial charge < -0.3 is 9.64 Å². The monoisotopic (exact) mass is 462 g/mol. The molecule has 0 aliphatic heterocycles. The molecule has 0 unspecified atom stereocenters. The number of hydrogen-bond acceptors (Lipinski definition) is 4. The molecule has 1 aromatic carbocycles. The Labute approximate surface area is 192 Å². The molecule has 3 aromatic rings. The van der Waals surface area contributed by atoms with Gasteiger partial charge in [0.25, 0.3) is 0 Å². The summed E-state index contributed by atoms with van der Waals surface area (Å²) < 4.78 is 38.1. The Morgan fingerprint density at radius 1 is 1.09 bits per heavy atom. The first kappa shape index (κ1) is 22.9. The summed E-state index contributed by atoms with van der Waals surface area (Å²) in [6.07, 6.45) is 10.6. The average Bonchev–Trinajstić information content (AvgIpc) is 3.03. The van der Waals surface area contributed by atoms with Gasteiger partial charge in [0, 0.05) is 48.2 Å². The van der Waals surface area contributed by atoms with Crippen LogP contribution in [-0.2, 0) is 0 Å². The van der Waals surface area contributed by atoms with Crippen molar-refractivity contribution in [2.45, 2.75) is 50.9 Å². The molecule has 1 fully saturated rings. The van der Waals surface area contributed by atoms with Crippen LogP contribution in [0.25, 0.3) is 16.9 Å². The number of imidazole rings is 1. The van der Waals surface area contributed by atoms with Crippen molar-refractivity contribution in [2.24, 2.45) is 0 Å². The molecule has 32 heavy (non-hydrogen) atoms. The number of ether oxygens (including phenoxy) is 1. The molecular weight excluding hydrogens is 434 g/mol. The molecule has 1 saturated carbocycles. The highest BCUT2D eigenvalue weighted by molar-refractivity contribution is 6.32. The normalized spacial score (nSPS) is 15.4. The van der Waals surface area contributed by atoms with Crippen LogP contribution >= 0.6 is 11.6 Å². The third-order valence-corrected chi connectivity index (χ3v) is 6.34. The average molecular weight is 463 g/mol. The SMILES string of the molecule is CN(C)CCCOc1cc(F)c(-c2c(Cl)nc3nccn3c2C2CCCCCC2)c(F)c1. The molecule has 2 aromatic heterocycles. The van der Waals surface area contributed by atoms with E-state index in [0.29, 0.717) is 17.9 Å². The van der Waals surface area contributed by atoms with Crippen molar-refractivity contribution in [3.05, 3.63) is 47.0 Å². The number of nitrogens with zero attached hydrogens (tertiary/aromatic N) is 4. The first-order valence-corrected chi connectivity index (χ1v) is 11.6. The molecule has 0 bridgehead atoms. The van der Waals surface area contributed by atoms with E-state index in [1.54, 1.807) is 12.4 Å². The van der Waals surface area contributed by atoms with Gasteiger partial charge in [0.05, 0.1) is 12.2 Å². The van der Waals surface area contributed by atoms with E-state index in [1.165, 1.54) is 25.0 Å². The van der Waals surface area contributed by atoms with Crippen molar-refractivity contribution in [2.75, 3.05) is 27.2 Å². The number of halogens is 3. The van der Waals surface area contributed by atoms with Crippen LogP contribution in [0.3, 0.4) is 0 Å². The summed E-state index contributed by atoms with van der Waals surface area (Å²) in [4.78, 5) is 10.6. The lowest BCUT2D eigenvalue weighted by atomic mass is 9.90. The zero-order valence-corrected chi connectivity index (χ0v) is 19.3. The van der Waals surface area contributed by atoms with Crippen molar-refractivity contribution < 1.29 is 13.5 Å². The number of fused-ring (bicyclic) bond motifs is 1. The molecular formula is C24H29ClF2N4O. The summed E-state index contributed by atoms with van der Waals surface area (Å²) in [6, 6.07) is 2.47. The Balaban J connectivity index is 1.76. The van der Waals surface area contributed by atoms with Crippen molar-refractivity contribution in [1.29, 1.82) is 0 Å². The maximum atomic E-state index is 15.3. The zero-order chi connectivity index (χ0) is 22.7. The summed E-state index contributed by atoms with van der Waals surface area (Å²) in [5.41, 5.74) is 0.952. The van der Waals surface area contributed by atoms with E-state index in [9.17, 15) is 0 Å². The topological polar surface area (TPSA) is 42.7 Å². The van der Waals surface area contributed by atoms with Gasteiger partial charge in [-0.15, -0.1) is 0 Å². The Bertz CT molecular complexity index is 1050. The maximum absolute atomic E-state index is 15.3. The smallest absolute Gasteiger partial charge is 0.235 e. The van der Waals surface area contributed by atoms with Crippen LogP contribution in [0.15, 0.2) is 24.5 Å². The van der Waals surface area contributed by atoms with Gasteiger partial charge in [0.2, 0.25) is 5.78 Å². The third kappa shape index (κ3) is 4.89. The van der Waals surface area contributed by atoms with Crippen LogP contribution in [0, 0.1) is 11.6 Å². The van der Waals surface area contributed by atoms with E-state index >= 15 is 8.78 Å². The molecule has 0 saturated heterocycles. The fourth-order valence-corrected chi connectivity index (χ4v) is 4.83. The molecule has 5 nitrogen and oxygen atoms in total. The largest absolute Gasteiger partial charge is 0.493 e. The summed E-state index contributed by atoms with van der Waals surface area (Å²) in [6.45, 7) is 1.22. The lowest BCUT2D eigenvalue weighted by Crippen LogP contribution is -2.15. The summed E-state index contributed by atoms with van der Waals surface area (Å²) in [7, 11) is 3.93. The molecule has 172 valence electrons. The summed E-state index contributed by atoms with van der Waals surface area (Å²) in [5, 5.41) is 0.0698. The minimum Gasteiger partial charge on any atom is -0.493 e. The molecule has 2 heterocycles. The maximum Gasteiger partial charge on any atom is 0.235 e. The van der Waals surface area contributed by atoms with Crippen molar-refractivity contribution in [3.8, 4) is 16.9 Å². The van der Waals surface area contributed by atoms with E-state index in [0.717, 1.165) is 44.3 Å². The van der Waals surface area contributed by atoms with Crippen LogP contribution in [-0.4, -0.2) is 46.5 Å². The number of rotatable bonds is 7. The molecule has 0 radical (unpaired) electrons. The predicted molar refractivity (Wildman–Crippen MR) is 122 cm³/mol. The Hall–Kier alpha value is -2.25. The number of hydrogen-bond donors (Lipinski definition) is 0. The molecule has 4 rings (SSSR count).